The highest BCUT2D eigenvalue weighted by molar-refractivity contribution is 7.99. The summed E-state index contributed by atoms with van der Waals surface area (Å²) in [5.41, 5.74) is 1.68. The molecule has 35 heavy (non-hydrogen) atoms. The Bertz CT molecular complexity index is 942. The third-order valence-electron chi connectivity index (χ3n) is 4.91. The van der Waals surface area contributed by atoms with Gasteiger partial charge in [-0.3, -0.25) is 19.2 Å². The van der Waals surface area contributed by atoms with Gasteiger partial charge in [-0.2, -0.15) is 5.06 Å². The fourth-order valence-electron chi connectivity index (χ4n) is 3.23. The highest BCUT2D eigenvalue weighted by Gasteiger charge is 2.24. The van der Waals surface area contributed by atoms with Crippen LogP contribution in [-0.2, 0) is 25.8 Å². The van der Waals surface area contributed by atoms with Gasteiger partial charge in [-0.1, -0.05) is 62.4 Å². The van der Waals surface area contributed by atoms with Crippen molar-refractivity contribution in [2.24, 2.45) is 0 Å². The van der Waals surface area contributed by atoms with E-state index in [1.807, 2.05) is 18.2 Å². The van der Waals surface area contributed by atoms with E-state index in [1.54, 1.807) is 47.2 Å². The van der Waals surface area contributed by atoms with Crippen molar-refractivity contribution in [2.45, 2.75) is 31.3 Å². The Kier molecular flexibility index (Phi) is 12.8. The van der Waals surface area contributed by atoms with Crippen LogP contribution in [0.5, 0.6) is 0 Å². The summed E-state index contributed by atoms with van der Waals surface area (Å²) in [5, 5.41) is 18.6. The van der Waals surface area contributed by atoms with Crippen LogP contribution >= 0.6 is 11.8 Å². The van der Waals surface area contributed by atoms with Crippen LogP contribution in [0.2, 0.25) is 0 Å². The van der Waals surface area contributed by atoms with Crippen LogP contribution in [-0.4, -0.2) is 66.5 Å². The van der Waals surface area contributed by atoms with Crippen LogP contribution in [0.25, 0.3) is 0 Å². The SMILES string of the molecule is CCNCC.O=C(O)CNC(=O)[C@H](NC(=O)CON1CCSc2ccccc2C1)c1ccccc1. The van der Waals surface area contributed by atoms with Gasteiger partial charge in [0.05, 0.1) is 6.54 Å². The highest BCUT2D eigenvalue weighted by atomic mass is 32.2. The maximum atomic E-state index is 12.5. The molecule has 0 bridgehead atoms. The minimum absolute atomic E-state index is 0.248. The van der Waals surface area contributed by atoms with Gasteiger partial charge >= 0.3 is 5.97 Å². The fourth-order valence-corrected chi connectivity index (χ4v) is 4.23. The van der Waals surface area contributed by atoms with Crippen LogP contribution in [0.1, 0.15) is 31.0 Å². The van der Waals surface area contributed by atoms with E-state index >= 15 is 0 Å². The predicted molar refractivity (Wildman–Crippen MR) is 136 cm³/mol. The second kappa shape index (κ2) is 15.9. The van der Waals surface area contributed by atoms with Crippen LogP contribution < -0.4 is 16.0 Å². The third-order valence-corrected chi connectivity index (χ3v) is 6.01. The lowest BCUT2D eigenvalue weighted by Gasteiger charge is -2.21. The molecule has 0 radical (unpaired) electrons. The molecule has 0 saturated carbocycles. The zero-order valence-electron chi connectivity index (χ0n) is 20.2. The summed E-state index contributed by atoms with van der Waals surface area (Å²) in [4.78, 5) is 42.5. The highest BCUT2D eigenvalue weighted by Crippen LogP contribution is 2.27. The molecule has 1 heterocycles. The van der Waals surface area contributed by atoms with E-state index in [2.05, 4.69) is 35.9 Å². The minimum atomic E-state index is -1.16. The molecule has 0 aromatic heterocycles. The molecule has 10 heteroatoms. The number of hydrogen-bond donors (Lipinski definition) is 4. The predicted octanol–water partition coefficient (Wildman–Crippen LogP) is 2.20. The molecule has 190 valence electrons. The summed E-state index contributed by atoms with van der Waals surface area (Å²) in [7, 11) is 0. The number of aliphatic carboxylic acids is 1. The lowest BCUT2D eigenvalue weighted by atomic mass is 10.1. The van der Waals surface area contributed by atoms with Crippen LogP contribution in [0.15, 0.2) is 59.5 Å². The van der Waals surface area contributed by atoms with E-state index in [-0.39, 0.29) is 6.61 Å². The van der Waals surface area contributed by atoms with E-state index in [0.29, 0.717) is 18.7 Å². The lowest BCUT2D eigenvalue weighted by molar-refractivity contribution is -0.173. The molecule has 0 fully saturated rings. The number of fused-ring (bicyclic) bond motifs is 1. The summed E-state index contributed by atoms with van der Waals surface area (Å²) < 4.78 is 0. The molecule has 1 atom stereocenters. The lowest BCUT2D eigenvalue weighted by Crippen LogP contribution is -2.43. The molecule has 4 N–H and O–H groups in total. The smallest absolute Gasteiger partial charge is 0.322 e. The van der Waals surface area contributed by atoms with Crippen LogP contribution in [0.3, 0.4) is 0 Å². The van der Waals surface area contributed by atoms with Gasteiger partial charge in [0.25, 0.3) is 0 Å². The van der Waals surface area contributed by atoms with E-state index in [4.69, 9.17) is 9.94 Å². The zero-order chi connectivity index (χ0) is 25.5. The molecular weight excluding hydrogens is 468 g/mol. The molecule has 1 aliphatic heterocycles. The van der Waals surface area contributed by atoms with Crippen molar-refractivity contribution in [3.8, 4) is 0 Å². The molecule has 2 aromatic rings. The number of hydrogen-bond acceptors (Lipinski definition) is 7. The first-order chi connectivity index (χ1) is 16.9. The molecule has 2 amide bonds. The molecule has 9 nitrogen and oxygen atoms in total. The average molecular weight is 503 g/mol. The van der Waals surface area contributed by atoms with Crippen molar-refractivity contribution >= 4 is 29.5 Å². The molecule has 0 saturated heterocycles. The zero-order valence-corrected chi connectivity index (χ0v) is 21.0. The van der Waals surface area contributed by atoms with E-state index in [0.717, 1.165) is 24.4 Å². The first kappa shape index (κ1) is 28.3. The number of thioether (sulfide) groups is 1. The first-order valence-electron chi connectivity index (χ1n) is 11.6. The van der Waals surface area contributed by atoms with Crippen molar-refractivity contribution < 1.29 is 24.3 Å². The molecule has 1 aliphatic rings. The van der Waals surface area contributed by atoms with E-state index in [1.165, 1.54) is 4.90 Å². The Hall–Kier alpha value is -2.92. The van der Waals surface area contributed by atoms with Crippen molar-refractivity contribution in [1.82, 2.24) is 21.0 Å². The second-order valence-corrected chi connectivity index (χ2v) is 8.71. The maximum absolute atomic E-state index is 12.5. The van der Waals surface area contributed by atoms with Gasteiger partial charge in [-0.15, -0.1) is 11.8 Å². The molecule has 0 unspecified atom stereocenters. The average Bonchev–Trinajstić information content (AvgIpc) is 3.08. The molecule has 0 spiro atoms. The molecule has 0 aliphatic carbocycles. The quantitative estimate of drug-likeness (QED) is 0.390. The fraction of sp³-hybridized carbons (Fsp3) is 0.400. The Labute approximate surface area is 210 Å². The van der Waals surface area contributed by atoms with Crippen LogP contribution in [0, 0.1) is 0 Å². The number of rotatable bonds is 10. The Morgan fingerprint density at radius 3 is 2.40 bits per heavy atom. The van der Waals surface area contributed by atoms with Gasteiger partial charge < -0.3 is 21.1 Å². The minimum Gasteiger partial charge on any atom is -0.480 e. The summed E-state index contributed by atoms with van der Waals surface area (Å²) in [6, 6.07) is 15.7. The number of hydroxylamine groups is 2. The van der Waals surface area contributed by atoms with Crippen molar-refractivity contribution in [1.29, 1.82) is 0 Å². The molecule has 2 aromatic carbocycles. The van der Waals surface area contributed by atoms with Crippen molar-refractivity contribution in [3.63, 3.8) is 0 Å². The number of carboxylic acids is 1. The number of amides is 2. The largest absolute Gasteiger partial charge is 0.480 e. The normalized spacial score (nSPS) is 13.9. The maximum Gasteiger partial charge on any atom is 0.322 e. The monoisotopic (exact) mass is 502 g/mol. The summed E-state index contributed by atoms with van der Waals surface area (Å²) in [6.07, 6.45) is 0. The van der Waals surface area contributed by atoms with Gasteiger partial charge in [-0.05, 0) is 30.3 Å². The molecule has 3 rings (SSSR count). The number of carboxylic acid groups (broad SMARTS) is 1. The summed E-state index contributed by atoms with van der Waals surface area (Å²) in [5.74, 6) is -1.40. The van der Waals surface area contributed by atoms with E-state index < -0.39 is 30.4 Å². The number of carbonyl (C=O) groups is 3. The van der Waals surface area contributed by atoms with E-state index in [9.17, 15) is 14.4 Å². The van der Waals surface area contributed by atoms with Crippen LogP contribution in [0.4, 0.5) is 0 Å². The van der Waals surface area contributed by atoms with Gasteiger partial charge in [-0.25, -0.2) is 0 Å². The third kappa shape index (κ3) is 10.5. The van der Waals surface area contributed by atoms with Gasteiger partial charge in [0.15, 0.2) is 0 Å². The van der Waals surface area contributed by atoms with Gasteiger partial charge in [0.2, 0.25) is 11.8 Å². The molecular formula is C25H34N4O5S. The van der Waals surface area contributed by atoms with Crippen molar-refractivity contribution in [3.05, 3.63) is 65.7 Å². The van der Waals surface area contributed by atoms with Crippen molar-refractivity contribution in [2.75, 3.05) is 38.5 Å². The summed E-state index contributed by atoms with van der Waals surface area (Å²) in [6.45, 7) is 6.84. The van der Waals surface area contributed by atoms with Gasteiger partial charge in [0.1, 0.15) is 19.2 Å². The Morgan fingerprint density at radius 1 is 1.06 bits per heavy atom. The number of carbonyl (C=O) groups excluding carboxylic acids is 2. The van der Waals surface area contributed by atoms with Gasteiger partial charge in [0, 0.05) is 17.2 Å². The second-order valence-electron chi connectivity index (χ2n) is 7.57. The number of nitrogens with zero attached hydrogens (tertiary/aromatic N) is 1. The summed E-state index contributed by atoms with van der Waals surface area (Å²) >= 11 is 1.74. The topological polar surface area (TPSA) is 120 Å². The Balaban J connectivity index is 0.000000784. The Morgan fingerprint density at radius 2 is 1.74 bits per heavy atom. The number of nitrogens with one attached hydrogen (secondary N) is 3. The number of benzene rings is 2. The first-order valence-corrected chi connectivity index (χ1v) is 12.6. The standard InChI is InChI=1S/C21H23N3O5S.C4H11N/c25-18(14-29-24-10-11-30-17-9-5-4-8-16(17)13-24)23-20(15-6-2-1-3-7-15)21(28)22-12-19(26)27;1-3-5-4-2/h1-9,20H,10-14H2,(H,22,28)(H,23,25)(H,26,27);5H,3-4H2,1-2H3/t20-;/m1./s1.